The van der Waals surface area contributed by atoms with Crippen molar-refractivity contribution in [3.8, 4) is 39.8 Å². The van der Waals surface area contributed by atoms with Crippen molar-refractivity contribution in [3.05, 3.63) is 199 Å². The second-order valence-electron chi connectivity index (χ2n) is 15.6. The summed E-state index contributed by atoms with van der Waals surface area (Å²) in [5, 5.41) is 7.24. The van der Waals surface area contributed by atoms with E-state index in [9.17, 15) is 0 Å². The van der Waals surface area contributed by atoms with Crippen LogP contribution in [-0.4, -0.2) is 23.7 Å². The van der Waals surface area contributed by atoms with Crippen LogP contribution >= 0.6 is 0 Å². The van der Waals surface area contributed by atoms with E-state index in [1.165, 1.54) is 54.8 Å². The van der Waals surface area contributed by atoms with Gasteiger partial charge in [0.25, 0.3) is 0 Å². The van der Waals surface area contributed by atoms with E-state index in [1.54, 1.807) is 0 Å². The molecule has 0 unspecified atom stereocenters. The van der Waals surface area contributed by atoms with Crippen LogP contribution in [-0.2, 0) is 0 Å². The van der Waals surface area contributed by atoms with Crippen LogP contribution in [0, 0.1) is 13.8 Å². The van der Waals surface area contributed by atoms with Crippen LogP contribution < -0.4 is 0 Å². The van der Waals surface area contributed by atoms with E-state index in [-0.39, 0.29) is 0 Å². The first-order chi connectivity index (χ1) is 29.1. The van der Waals surface area contributed by atoms with E-state index in [4.69, 9.17) is 9.97 Å². The minimum absolute atomic E-state index is 0.644. The Morgan fingerprint density at radius 3 is 1.36 bits per heavy atom. The molecule has 0 saturated heterocycles. The van der Waals surface area contributed by atoms with E-state index in [1.807, 2.05) is 12.1 Å². The first-order valence-electron chi connectivity index (χ1n) is 20.2. The van der Waals surface area contributed by atoms with Gasteiger partial charge >= 0.3 is 0 Å². The maximum absolute atomic E-state index is 5.30. The van der Waals surface area contributed by atoms with Crippen LogP contribution in [0.1, 0.15) is 11.1 Å². The molecule has 0 spiro atoms. The van der Waals surface area contributed by atoms with Gasteiger partial charge in [-0.3, -0.25) is 4.57 Å². The summed E-state index contributed by atoms with van der Waals surface area (Å²) in [6.45, 7) is 4.35. The molecule has 0 saturated carbocycles. The van der Waals surface area contributed by atoms with Gasteiger partial charge in [-0.15, -0.1) is 0 Å². The van der Waals surface area contributed by atoms with Gasteiger partial charge in [0.2, 0.25) is 5.95 Å². The molecule has 0 N–H and O–H groups in total. The average Bonchev–Trinajstić information content (AvgIpc) is 3.92. The number of hydrogen-bond donors (Lipinski definition) is 0. The molecule has 5 nitrogen and oxygen atoms in total. The standard InChI is InChI=1S/C54H37N5/c1-34-29-35(2)31-39(30-34)58-46-22-12-9-19-40(46)43-32-38(25-26-49(43)58)57-47-23-13-10-20-41(47)52-50(57)27-28-51-53(52)42-21-11-14-24-48(42)59(51)54-55-44(36-15-5-3-6-16-36)33-45(56-54)37-17-7-4-8-18-37/h3-33H,1-2H3. The lowest BCUT2D eigenvalue weighted by atomic mass is 10.1. The molecule has 5 heteroatoms. The molecule has 4 aromatic heterocycles. The third-order valence-electron chi connectivity index (χ3n) is 11.9. The van der Waals surface area contributed by atoms with E-state index in [0.717, 1.165) is 55.7 Å². The quantitative estimate of drug-likeness (QED) is 0.175. The summed E-state index contributed by atoms with van der Waals surface area (Å²) in [7, 11) is 0. The normalized spacial score (nSPS) is 11.9. The van der Waals surface area contributed by atoms with Crippen LogP contribution in [0.4, 0.5) is 0 Å². The number of benzene rings is 8. The van der Waals surface area contributed by atoms with Crippen molar-refractivity contribution in [2.75, 3.05) is 0 Å². The minimum atomic E-state index is 0.644. The summed E-state index contributed by atoms with van der Waals surface area (Å²) >= 11 is 0. The number of rotatable bonds is 5. The lowest BCUT2D eigenvalue weighted by Crippen LogP contribution is -2.04. The highest BCUT2D eigenvalue weighted by molar-refractivity contribution is 6.29. The lowest BCUT2D eigenvalue weighted by molar-refractivity contribution is 0.996. The summed E-state index contributed by atoms with van der Waals surface area (Å²) in [6, 6.07) is 67.5. The average molecular weight is 756 g/mol. The van der Waals surface area contributed by atoms with Gasteiger partial charge < -0.3 is 9.13 Å². The van der Waals surface area contributed by atoms with Crippen LogP contribution in [0.3, 0.4) is 0 Å². The Hall–Kier alpha value is -7.76. The molecule has 59 heavy (non-hydrogen) atoms. The van der Waals surface area contributed by atoms with E-state index in [0.29, 0.717) is 5.95 Å². The number of hydrogen-bond acceptors (Lipinski definition) is 2. The summed E-state index contributed by atoms with van der Waals surface area (Å²) < 4.78 is 7.11. The van der Waals surface area contributed by atoms with Gasteiger partial charge in [0.05, 0.1) is 44.5 Å². The van der Waals surface area contributed by atoms with Crippen molar-refractivity contribution in [1.82, 2.24) is 23.7 Å². The summed E-state index contributed by atoms with van der Waals surface area (Å²) in [4.78, 5) is 10.6. The van der Waals surface area contributed by atoms with Gasteiger partial charge in [-0.2, -0.15) is 0 Å². The Balaban J connectivity index is 1.13. The Bertz CT molecular complexity index is 3550. The predicted molar refractivity (Wildman–Crippen MR) is 245 cm³/mol. The van der Waals surface area contributed by atoms with Crippen LogP contribution in [0.5, 0.6) is 0 Å². The van der Waals surface area contributed by atoms with Crippen molar-refractivity contribution >= 4 is 65.4 Å². The van der Waals surface area contributed by atoms with Crippen molar-refractivity contribution in [3.63, 3.8) is 0 Å². The van der Waals surface area contributed by atoms with Gasteiger partial charge in [0.15, 0.2) is 0 Å². The fraction of sp³-hybridized carbons (Fsp3) is 0.0370. The fourth-order valence-corrected chi connectivity index (χ4v) is 9.52. The number of aryl methyl sites for hydroxylation is 2. The number of aromatic nitrogens is 5. The Labute approximate surface area is 340 Å². The molecule has 0 bridgehead atoms. The molecule has 8 aromatic carbocycles. The topological polar surface area (TPSA) is 40.6 Å². The molecule has 0 atom stereocenters. The van der Waals surface area contributed by atoms with Crippen LogP contribution in [0.2, 0.25) is 0 Å². The SMILES string of the molecule is Cc1cc(C)cc(-n2c3ccccc3c3cc(-n4c5ccccc5c5c6c7ccccc7n(-c7nc(-c8ccccc8)cc(-c8ccccc8)n7)c6ccc54)ccc32)c1. The molecule has 0 aliphatic carbocycles. The number of fused-ring (bicyclic) bond motifs is 10. The molecular formula is C54H37N5. The zero-order valence-electron chi connectivity index (χ0n) is 32.6. The zero-order valence-corrected chi connectivity index (χ0v) is 32.6. The Kier molecular flexibility index (Phi) is 7.29. The third kappa shape index (κ3) is 5.11. The Morgan fingerprint density at radius 1 is 0.322 bits per heavy atom. The van der Waals surface area contributed by atoms with Crippen LogP contribution in [0.25, 0.3) is 105 Å². The van der Waals surface area contributed by atoms with E-state index < -0.39 is 0 Å². The zero-order chi connectivity index (χ0) is 39.2. The highest BCUT2D eigenvalue weighted by Gasteiger charge is 2.23. The fourth-order valence-electron chi connectivity index (χ4n) is 9.52. The van der Waals surface area contributed by atoms with E-state index >= 15 is 0 Å². The molecule has 12 rings (SSSR count). The molecule has 0 amide bonds. The van der Waals surface area contributed by atoms with E-state index in [2.05, 4.69) is 203 Å². The smallest absolute Gasteiger partial charge is 0.235 e. The highest BCUT2D eigenvalue weighted by Crippen LogP contribution is 2.43. The predicted octanol–water partition coefficient (Wildman–Crippen LogP) is 13.7. The largest absolute Gasteiger partial charge is 0.309 e. The number of nitrogens with zero attached hydrogens (tertiary/aromatic N) is 5. The second-order valence-corrected chi connectivity index (χ2v) is 15.6. The number of para-hydroxylation sites is 3. The van der Waals surface area contributed by atoms with Gasteiger partial charge in [-0.1, -0.05) is 121 Å². The van der Waals surface area contributed by atoms with Gasteiger partial charge in [0.1, 0.15) is 0 Å². The summed E-state index contributed by atoms with van der Waals surface area (Å²) in [5.74, 6) is 0.644. The Morgan fingerprint density at radius 2 is 0.763 bits per heavy atom. The third-order valence-corrected chi connectivity index (χ3v) is 11.9. The molecule has 0 radical (unpaired) electrons. The molecule has 278 valence electrons. The maximum Gasteiger partial charge on any atom is 0.235 e. The first-order valence-corrected chi connectivity index (χ1v) is 20.2. The monoisotopic (exact) mass is 755 g/mol. The van der Waals surface area contributed by atoms with Gasteiger partial charge in [-0.25, -0.2) is 9.97 Å². The van der Waals surface area contributed by atoms with Gasteiger partial charge in [-0.05, 0) is 91.7 Å². The molecule has 12 aromatic rings. The minimum Gasteiger partial charge on any atom is -0.309 e. The molecule has 4 heterocycles. The molecular weight excluding hydrogens is 719 g/mol. The van der Waals surface area contributed by atoms with Crippen molar-refractivity contribution < 1.29 is 0 Å². The molecule has 0 fully saturated rings. The maximum atomic E-state index is 5.30. The second kappa shape index (κ2) is 12.9. The van der Waals surface area contributed by atoms with Crippen LogP contribution in [0.15, 0.2) is 188 Å². The van der Waals surface area contributed by atoms with Crippen molar-refractivity contribution in [1.29, 1.82) is 0 Å². The van der Waals surface area contributed by atoms with Gasteiger partial charge in [0, 0.05) is 54.8 Å². The summed E-state index contributed by atoms with van der Waals surface area (Å²) in [6.07, 6.45) is 0. The van der Waals surface area contributed by atoms with Crippen molar-refractivity contribution in [2.24, 2.45) is 0 Å². The summed E-state index contributed by atoms with van der Waals surface area (Å²) in [5.41, 5.74) is 15.5. The van der Waals surface area contributed by atoms with Crippen molar-refractivity contribution in [2.45, 2.75) is 13.8 Å². The molecule has 0 aliphatic heterocycles. The molecule has 0 aliphatic rings. The first kappa shape index (κ1) is 33.4. The lowest BCUT2D eigenvalue weighted by Gasteiger charge is -2.12. The highest BCUT2D eigenvalue weighted by atomic mass is 15.2.